The molecule has 1 atom stereocenters. The first-order chi connectivity index (χ1) is 7.86. The number of pyridine rings is 1. The molecule has 0 aliphatic heterocycles. The van der Waals surface area contributed by atoms with Crippen LogP contribution in [0.1, 0.15) is 24.3 Å². The lowest BCUT2D eigenvalue weighted by Gasteiger charge is -2.13. The number of H-pyrrole nitrogens is 1. The van der Waals surface area contributed by atoms with Crippen molar-refractivity contribution >= 4 is 16.8 Å². The quantitative estimate of drug-likeness (QED) is 0.738. The standard InChI is InChI=1S/C13H12N2O/c16-12-6-2-1-4-9(12)10-8-15-11-5-3-7-14-13(10)11/h1,3-5,7-9,15H,2,6H2. The highest BCUT2D eigenvalue weighted by atomic mass is 16.1. The van der Waals surface area contributed by atoms with E-state index in [0.717, 1.165) is 23.0 Å². The number of allylic oxidation sites excluding steroid dienone is 2. The van der Waals surface area contributed by atoms with Crippen LogP contribution < -0.4 is 0 Å². The second-order valence-corrected chi connectivity index (χ2v) is 4.05. The molecule has 0 aromatic carbocycles. The molecule has 2 aromatic heterocycles. The number of aromatic nitrogens is 2. The van der Waals surface area contributed by atoms with Crippen molar-refractivity contribution in [3.05, 3.63) is 42.2 Å². The maximum atomic E-state index is 11.8. The molecule has 1 N–H and O–H groups in total. The molecule has 16 heavy (non-hydrogen) atoms. The normalized spacial score (nSPS) is 20.5. The second-order valence-electron chi connectivity index (χ2n) is 4.05. The summed E-state index contributed by atoms with van der Waals surface area (Å²) in [7, 11) is 0. The number of nitrogens with one attached hydrogen (secondary N) is 1. The number of hydrogen-bond donors (Lipinski definition) is 1. The first-order valence-electron chi connectivity index (χ1n) is 5.47. The molecule has 0 saturated carbocycles. The minimum absolute atomic E-state index is 0.114. The van der Waals surface area contributed by atoms with Crippen LogP contribution >= 0.6 is 0 Å². The molecular weight excluding hydrogens is 200 g/mol. The van der Waals surface area contributed by atoms with Crippen molar-refractivity contribution in [1.29, 1.82) is 0 Å². The van der Waals surface area contributed by atoms with Gasteiger partial charge in [0.1, 0.15) is 5.78 Å². The highest BCUT2D eigenvalue weighted by Gasteiger charge is 2.22. The van der Waals surface area contributed by atoms with Gasteiger partial charge in [-0.25, -0.2) is 0 Å². The molecular formula is C13H12N2O. The Morgan fingerprint density at radius 2 is 2.38 bits per heavy atom. The first-order valence-corrected chi connectivity index (χ1v) is 5.47. The Labute approximate surface area is 93.2 Å². The van der Waals surface area contributed by atoms with Gasteiger partial charge in [-0.05, 0) is 18.6 Å². The maximum absolute atomic E-state index is 11.8. The van der Waals surface area contributed by atoms with Crippen LogP contribution in [0.2, 0.25) is 0 Å². The minimum Gasteiger partial charge on any atom is -0.360 e. The third-order valence-corrected chi connectivity index (χ3v) is 3.03. The molecule has 0 spiro atoms. The fourth-order valence-corrected chi connectivity index (χ4v) is 2.21. The number of fused-ring (bicyclic) bond motifs is 1. The van der Waals surface area contributed by atoms with E-state index < -0.39 is 0 Å². The lowest BCUT2D eigenvalue weighted by molar-refractivity contribution is -0.119. The van der Waals surface area contributed by atoms with Gasteiger partial charge >= 0.3 is 0 Å². The van der Waals surface area contributed by atoms with E-state index in [1.807, 2.05) is 24.4 Å². The Hall–Kier alpha value is -1.90. The van der Waals surface area contributed by atoms with E-state index in [1.165, 1.54) is 0 Å². The van der Waals surface area contributed by atoms with Crippen molar-refractivity contribution in [3.8, 4) is 0 Å². The van der Waals surface area contributed by atoms with E-state index in [-0.39, 0.29) is 11.7 Å². The first kappa shape index (κ1) is 9.33. The van der Waals surface area contributed by atoms with Crippen molar-refractivity contribution in [2.75, 3.05) is 0 Å². The Morgan fingerprint density at radius 3 is 3.25 bits per heavy atom. The molecule has 1 unspecified atom stereocenters. The number of aromatic amines is 1. The average molecular weight is 212 g/mol. The topological polar surface area (TPSA) is 45.8 Å². The molecule has 0 amide bonds. The van der Waals surface area contributed by atoms with Crippen molar-refractivity contribution in [2.45, 2.75) is 18.8 Å². The fourth-order valence-electron chi connectivity index (χ4n) is 2.21. The summed E-state index contributed by atoms with van der Waals surface area (Å²) in [4.78, 5) is 19.3. The molecule has 80 valence electrons. The summed E-state index contributed by atoms with van der Waals surface area (Å²) < 4.78 is 0. The SMILES string of the molecule is O=C1CCC=CC1c1c[nH]c2cccnc12. The van der Waals surface area contributed by atoms with E-state index in [4.69, 9.17) is 0 Å². The summed E-state index contributed by atoms with van der Waals surface area (Å²) in [5.41, 5.74) is 2.90. The van der Waals surface area contributed by atoms with Crippen LogP contribution in [0.4, 0.5) is 0 Å². The predicted molar refractivity (Wildman–Crippen MR) is 62.2 cm³/mol. The van der Waals surface area contributed by atoms with Gasteiger partial charge in [-0.1, -0.05) is 12.2 Å². The molecule has 3 nitrogen and oxygen atoms in total. The van der Waals surface area contributed by atoms with Crippen molar-refractivity contribution < 1.29 is 4.79 Å². The lowest BCUT2D eigenvalue weighted by atomic mass is 9.89. The van der Waals surface area contributed by atoms with E-state index in [1.54, 1.807) is 6.20 Å². The van der Waals surface area contributed by atoms with Crippen LogP contribution in [0.5, 0.6) is 0 Å². The molecule has 3 rings (SSSR count). The van der Waals surface area contributed by atoms with E-state index in [2.05, 4.69) is 16.0 Å². The largest absolute Gasteiger partial charge is 0.360 e. The molecule has 1 aliphatic rings. The van der Waals surface area contributed by atoms with Gasteiger partial charge in [-0.2, -0.15) is 0 Å². The molecule has 0 fully saturated rings. The zero-order chi connectivity index (χ0) is 11.0. The average Bonchev–Trinajstić information content (AvgIpc) is 2.74. The molecule has 0 bridgehead atoms. The van der Waals surface area contributed by atoms with Crippen LogP contribution in [0.3, 0.4) is 0 Å². The lowest BCUT2D eigenvalue weighted by Crippen LogP contribution is -2.12. The van der Waals surface area contributed by atoms with E-state index in [9.17, 15) is 4.79 Å². The summed E-state index contributed by atoms with van der Waals surface area (Å²) in [5.74, 6) is 0.173. The highest BCUT2D eigenvalue weighted by Crippen LogP contribution is 2.29. The van der Waals surface area contributed by atoms with Crippen LogP contribution in [0.15, 0.2) is 36.7 Å². The zero-order valence-corrected chi connectivity index (χ0v) is 8.81. The highest BCUT2D eigenvalue weighted by molar-refractivity contribution is 5.93. The van der Waals surface area contributed by atoms with Gasteiger partial charge in [0, 0.05) is 24.4 Å². The number of hydrogen-bond acceptors (Lipinski definition) is 2. The summed E-state index contributed by atoms with van der Waals surface area (Å²) in [6.07, 6.45) is 9.23. The van der Waals surface area contributed by atoms with Crippen LogP contribution in [-0.4, -0.2) is 15.8 Å². The number of nitrogens with zero attached hydrogens (tertiary/aromatic N) is 1. The zero-order valence-electron chi connectivity index (χ0n) is 8.81. The summed E-state index contributed by atoms with van der Waals surface area (Å²) in [6, 6.07) is 3.87. The number of ketones is 1. The fraction of sp³-hybridized carbons (Fsp3) is 0.231. The summed E-state index contributed by atoms with van der Waals surface area (Å²) >= 11 is 0. The van der Waals surface area contributed by atoms with E-state index >= 15 is 0 Å². The van der Waals surface area contributed by atoms with Crippen molar-refractivity contribution in [2.24, 2.45) is 0 Å². The molecule has 1 aliphatic carbocycles. The van der Waals surface area contributed by atoms with Crippen LogP contribution in [0, 0.1) is 0 Å². The molecule has 2 aromatic rings. The smallest absolute Gasteiger partial charge is 0.144 e. The molecule has 0 radical (unpaired) electrons. The van der Waals surface area contributed by atoms with Gasteiger partial charge in [0.2, 0.25) is 0 Å². The molecule has 3 heteroatoms. The molecule has 0 saturated heterocycles. The Bertz CT molecular complexity index is 568. The molecule has 2 heterocycles. The summed E-state index contributed by atoms with van der Waals surface area (Å²) in [6.45, 7) is 0. The van der Waals surface area contributed by atoms with Gasteiger partial charge in [0.05, 0.1) is 17.0 Å². The third kappa shape index (κ3) is 1.36. The van der Waals surface area contributed by atoms with Gasteiger partial charge < -0.3 is 4.98 Å². The van der Waals surface area contributed by atoms with Crippen molar-refractivity contribution in [1.82, 2.24) is 9.97 Å². The maximum Gasteiger partial charge on any atom is 0.144 e. The Balaban J connectivity index is 2.15. The van der Waals surface area contributed by atoms with Crippen LogP contribution in [0.25, 0.3) is 11.0 Å². The monoisotopic (exact) mass is 212 g/mol. The number of Topliss-reactive ketones (excluding diaryl/α,β-unsaturated/α-hetero) is 1. The van der Waals surface area contributed by atoms with Crippen molar-refractivity contribution in [3.63, 3.8) is 0 Å². The number of rotatable bonds is 1. The Morgan fingerprint density at radius 1 is 1.44 bits per heavy atom. The van der Waals surface area contributed by atoms with Gasteiger partial charge in [0.15, 0.2) is 0 Å². The van der Waals surface area contributed by atoms with Gasteiger partial charge in [-0.15, -0.1) is 0 Å². The number of carbonyl (C=O) groups is 1. The van der Waals surface area contributed by atoms with Crippen LogP contribution in [-0.2, 0) is 4.79 Å². The van der Waals surface area contributed by atoms with Gasteiger partial charge in [0.25, 0.3) is 0 Å². The predicted octanol–water partition coefficient (Wildman–Crippen LogP) is 2.57. The van der Waals surface area contributed by atoms with E-state index in [0.29, 0.717) is 6.42 Å². The number of carbonyl (C=O) groups excluding carboxylic acids is 1. The minimum atomic E-state index is -0.114. The summed E-state index contributed by atoms with van der Waals surface area (Å²) in [5, 5.41) is 0. The van der Waals surface area contributed by atoms with Gasteiger partial charge in [-0.3, -0.25) is 9.78 Å². The second kappa shape index (κ2) is 3.59. The Kier molecular flexibility index (Phi) is 2.10. The third-order valence-electron chi connectivity index (χ3n) is 3.03.